The summed E-state index contributed by atoms with van der Waals surface area (Å²) >= 11 is 0. The Hall–Kier alpha value is -4.77. The summed E-state index contributed by atoms with van der Waals surface area (Å²) in [5.74, 6) is -0.112. The fourth-order valence-corrected chi connectivity index (χ4v) is 4.46. The smallest absolute Gasteiger partial charge is 0.221 e. The summed E-state index contributed by atoms with van der Waals surface area (Å²) in [5.41, 5.74) is 7.35. The van der Waals surface area contributed by atoms with Crippen LogP contribution in [0.2, 0.25) is 0 Å². The van der Waals surface area contributed by atoms with Crippen LogP contribution in [0.1, 0.15) is 25.0 Å². The molecule has 2 heterocycles. The fourth-order valence-electron chi connectivity index (χ4n) is 4.46. The SMILES string of the molecule is CC.N=C(OC(=N)c1cccc(-c2c3ccccc3n3c2cnc2ccccc23)c1)c1ccccc1. The minimum absolute atomic E-state index is 0.0496. The van der Waals surface area contributed by atoms with Crippen molar-refractivity contribution in [2.45, 2.75) is 13.8 Å². The van der Waals surface area contributed by atoms with Crippen LogP contribution in [0.5, 0.6) is 0 Å². The predicted molar refractivity (Wildman–Crippen MR) is 148 cm³/mol. The van der Waals surface area contributed by atoms with Crippen molar-refractivity contribution in [3.05, 3.63) is 120 Å². The van der Waals surface area contributed by atoms with E-state index >= 15 is 0 Å². The topological polar surface area (TPSA) is 74.2 Å². The van der Waals surface area contributed by atoms with Crippen LogP contribution < -0.4 is 0 Å². The van der Waals surface area contributed by atoms with Crippen molar-refractivity contribution in [1.82, 2.24) is 9.38 Å². The lowest BCUT2D eigenvalue weighted by atomic mass is 10.0. The minimum atomic E-state index is -0.0629. The number of hydrogen-bond donors (Lipinski definition) is 2. The van der Waals surface area contributed by atoms with Crippen molar-refractivity contribution < 1.29 is 4.74 Å². The molecule has 2 aromatic heterocycles. The first-order valence-corrected chi connectivity index (χ1v) is 12.0. The van der Waals surface area contributed by atoms with Gasteiger partial charge in [-0.3, -0.25) is 15.8 Å². The fraction of sp³-hybridized carbons (Fsp3) is 0.0645. The number of ether oxygens (including phenoxy) is 1. The van der Waals surface area contributed by atoms with E-state index in [0.29, 0.717) is 11.1 Å². The number of benzene rings is 4. The zero-order valence-corrected chi connectivity index (χ0v) is 20.2. The standard InChI is InChI=1S/C29H20N4O.C2H6/c30-28(19-9-2-1-3-10-19)34-29(31)21-12-8-11-20(17-21)27-22-13-4-6-15-24(22)33-25-16-7-5-14-23(25)32-18-26(27)33;1-2/h1-18,30-31H;1-2H3. The molecular formula is C31H26N4O. The van der Waals surface area contributed by atoms with Crippen LogP contribution in [-0.2, 0) is 4.74 Å². The van der Waals surface area contributed by atoms with Crippen LogP contribution in [0.25, 0.3) is 38.6 Å². The van der Waals surface area contributed by atoms with Crippen molar-refractivity contribution in [3.63, 3.8) is 0 Å². The van der Waals surface area contributed by atoms with E-state index in [1.807, 2.05) is 92.8 Å². The molecule has 6 rings (SSSR count). The molecule has 0 spiro atoms. The number of nitrogens with one attached hydrogen (secondary N) is 2. The van der Waals surface area contributed by atoms with E-state index < -0.39 is 0 Å². The summed E-state index contributed by atoms with van der Waals surface area (Å²) in [4.78, 5) is 4.71. The Morgan fingerprint density at radius 1 is 0.667 bits per heavy atom. The van der Waals surface area contributed by atoms with Crippen molar-refractivity contribution in [2.75, 3.05) is 0 Å². The number of rotatable bonds is 3. The molecule has 0 aliphatic heterocycles. The van der Waals surface area contributed by atoms with Gasteiger partial charge in [-0.05, 0) is 48.0 Å². The molecule has 5 heteroatoms. The summed E-state index contributed by atoms with van der Waals surface area (Å²) < 4.78 is 7.82. The van der Waals surface area contributed by atoms with Crippen LogP contribution in [0.4, 0.5) is 0 Å². The molecule has 0 saturated heterocycles. The van der Waals surface area contributed by atoms with Gasteiger partial charge in [0.05, 0.1) is 28.3 Å². The number of aromatic nitrogens is 2. The van der Waals surface area contributed by atoms with Gasteiger partial charge < -0.3 is 9.14 Å². The lowest BCUT2D eigenvalue weighted by Crippen LogP contribution is -2.12. The summed E-state index contributed by atoms with van der Waals surface area (Å²) in [5, 5.41) is 17.8. The number of hydrogen-bond acceptors (Lipinski definition) is 4. The van der Waals surface area contributed by atoms with Gasteiger partial charge in [0.25, 0.3) is 0 Å². The van der Waals surface area contributed by atoms with Gasteiger partial charge in [0.15, 0.2) is 0 Å². The molecule has 2 N–H and O–H groups in total. The Morgan fingerprint density at radius 2 is 1.31 bits per heavy atom. The van der Waals surface area contributed by atoms with Crippen LogP contribution >= 0.6 is 0 Å². The highest BCUT2D eigenvalue weighted by molar-refractivity contribution is 6.09. The maximum Gasteiger partial charge on any atom is 0.221 e. The molecule has 0 aliphatic rings. The highest BCUT2D eigenvalue weighted by Crippen LogP contribution is 2.37. The molecule has 5 nitrogen and oxygen atoms in total. The largest absolute Gasteiger partial charge is 0.421 e. The summed E-state index contributed by atoms with van der Waals surface area (Å²) in [7, 11) is 0. The molecule has 0 fully saturated rings. The normalized spacial score (nSPS) is 10.7. The van der Waals surface area contributed by atoms with E-state index in [1.165, 1.54) is 0 Å². The van der Waals surface area contributed by atoms with E-state index in [2.05, 4.69) is 22.6 Å². The first-order valence-electron chi connectivity index (χ1n) is 12.0. The molecule has 6 aromatic rings. The maximum atomic E-state index is 8.48. The molecule has 0 bridgehead atoms. The van der Waals surface area contributed by atoms with Gasteiger partial charge in [-0.25, -0.2) is 0 Å². The number of fused-ring (bicyclic) bond motifs is 5. The van der Waals surface area contributed by atoms with E-state index in [9.17, 15) is 0 Å². The zero-order chi connectivity index (χ0) is 25.1. The number of nitrogens with zero attached hydrogens (tertiary/aromatic N) is 2. The molecule has 0 atom stereocenters. The van der Waals surface area contributed by atoms with E-state index in [0.717, 1.165) is 38.6 Å². The highest BCUT2D eigenvalue weighted by atomic mass is 16.5. The molecule has 0 amide bonds. The first kappa shape index (κ1) is 23.0. The van der Waals surface area contributed by atoms with Gasteiger partial charge in [0, 0.05) is 22.1 Å². The maximum absolute atomic E-state index is 8.48. The van der Waals surface area contributed by atoms with Gasteiger partial charge in [-0.2, -0.15) is 0 Å². The molecule has 0 unspecified atom stereocenters. The molecule has 4 aromatic carbocycles. The van der Waals surface area contributed by atoms with Crippen LogP contribution in [-0.4, -0.2) is 21.2 Å². The second kappa shape index (κ2) is 9.84. The lowest BCUT2D eigenvalue weighted by Gasteiger charge is -2.10. The zero-order valence-electron chi connectivity index (χ0n) is 20.2. The molecular weight excluding hydrogens is 444 g/mol. The van der Waals surface area contributed by atoms with Gasteiger partial charge in [-0.15, -0.1) is 0 Å². The number of para-hydroxylation sites is 3. The predicted octanol–water partition coefficient (Wildman–Crippen LogP) is 7.70. The Balaban J connectivity index is 0.00000130. The third-order valence-electron chi connectivity index (χ3n) is 6.01. The van der Waals surface area contributed by atoms with Crippen molar-refractivity contribution >= 4 is 39.2 Å². The van der Waals surface area contributed by atoms with Crippen molar-refractivity contribution in [2.24, 2.45) is 0 Å². The molecule has 0 aliphatic carbocycles. The lowest BCUT2D eigenvalue weighted by molar-refractivity contribution is 0.538. The first-order chi connectivity index (χ1) is 17.7. The molecule has 0 saturated carbocycles. The van der Waals surface area contributed by atoms with Crippen LogP contribution in [0.3, 0.4) is 0 Å². The van der Waals surface area contributed by atoms with Crippen LogP contribution in [0.15, 0.2) is 109 Å². The third-order valence-corrected chi connectivity index (χ3v) is 6.01. The van der Waals surface area contributed by atoms with Gasteiger partial charge >= 0.3 is 0 Å². The van der Waals surface area contributed by atoms with Gasteiger partial charge in [0.2, 0.25) is 11.8 Å². The average Bonchev–Trinajstić information content (AvgIpc) is 3.29. The van der Waals surface area contributed by atoms with E-state index in [-0.39, 0.29) is 11.8 Å². The Morgan fingerprint density at radius 3 is 2.11 bits per heavy atom. The third kappa shape index (κ3) is 4.01. The van der Waals surface area contributed by atoms with Crippen molar-refractivity contribution in [3.8, 4) is 11.1 Å². The highest BCUT2D eigenvalue weighted by Gasteiger charge is 2.17. The summed E-state index contributed by atoms with van der Waals surface area (Å²) in [6, 6.07) is 33.3. The molecule has 36 heavy (non-hydrogen) atoms. The average molecular weight is 471 g/mol. The summed E-state index contributed by atoms with van der Waals surface area (Å²) in [6.45, 7) is 4.00. The van der Waals surface area contributed by atoms with E-state index in [1.54, 1.807) is 12.1 Å². The van der Waals surface area contributed by atoms with Gasteiger partial charge in [0.1, 0.15) is 0 Å². The quantitative estimate of drug-likeness (QED) is 0.205. The van der Waals surface area contributed by atoms with Crippen LogP contribution in [0, 0.1) is 10.8 Å². The minimum Gasteiger partial charge on any atom is -0.421 e. The molecule has 0 radical (unpaired) electrons. The monoisotopic (exact) mass is 470 g/mol. The van der Waals surface area contributed by atoms with E-state index in [4.69, 9.17) is 20.5 Å². The second-order valence-corrected chi connectivity index (χ2v) is 8.07. The van der Waals surface area contributed by atoms with Crippen molar-refractivity contribution in [1.29, 1.82) is 10.8 Å². The Kier molecular flexibility index (Phi) is 6.29. The second-order valence-electron chi connectivity index (χ2n) is 8.07. The Labute approximate surface area is 209 Å². The summed E-state index contributed by atoms with van der Waals surface area (Å²) in [6.07, 6.45) is 1.91. The Bertz CT molecular complexity index is 1720. The molecule has 176 valence electrons. The van der Waals surface area contributed by atoms with Gasteiger partial charge in [-0.1, -0.05) is 74.5 Å².